The Kier molecular flexibility index (Phi) is 4.01. The Morgan fingerprint density at radius 2 is 1.32 bits per heavy atom. The maximum absolute atomic E-state index is 9.58. The summed E-state index contributed by atoms with van der Waals surface area (Å²) in [5, 5.41) is 21.5. The van der Waals surface area contributed by atoms with Crippen LogP contribution in [0.4, 0.5) is 0 Å². The zero-order valence-corrected chi connectivity index (χ0v) is 15.2. The molecule has 1 aromatic heterocycles. The Hall–Kier alpha value is -3.34. The highest BCUT2D eigenvalue weighted by Crippen LogP contribution is 2.34. The SMILES string of the molecule is OB(O)c1cccc(-n2c3ccccc3c3cc(-c4ccccc4)ccc32)c1. The van der Waals surface area contributed by atoms with Gasteiger partial charge in [0.15, 0.2) is 0 Å². The van der Waals surface area contributed by atoms with Crippen molar-refractivity contribution < 1.29 is 10.0 Å². The minimum atomic E-state index is -1.49. The molecule has 0 atom stereocenters. The molecule has 0 aliphatic heterocycles. The van der Waals surface area contributed by atoms with Crippen LogP contribution < -0.4 is 5.46 Å². The van der Waals surface area contributed by atoms with E-state index in [2.05, 4.69) is 65.2 Å². The van der Waals surface area contributed by atoms with Gasteiger partial charge in [-0.15, -0.1) is 0 Å². The van der Waals surface area contributed by atoms with Gasteiger partial charge in [-0.1, -0.05) is 66.7 Å². The summed E-state index contributed by atoms with van der Waals surface area (Å²) in [7, 11) is -1.49. The Labute approximate surface area is 163 Å². The summed E-state index contributed by atoms with van der Waals surface area (Å²) < 4.78 is 2.17. The zero-order valence-electron chi connectivity index (χ0n) is 15.2. The van der Waals surface area contributed by atoms with E-state index in [0.717, 1.165) is 16.7 Å². The molecular weight excluding hydrogens is 345 g/mol. The van der Waals surface area contributed by atoms with Gasteiger partial charge in [0, 0.05) is 16.5 Å². The molecule has 0 radical (unpaired) electrons. The maximum atomic E-state index is 9.58. The highest BCUT2D eigenvalue weighted by atomic mass is 16.4. The minimum absolute atomic E-state index is 0.476. The molecule has 28 heavy (non-hydrogen) atoms. The molecule has 0 aliphatic rings. The van der Waals surface area contributed by atoms with Gasteiger partial charge in [0.05, 0.1) is 11.0 Å². The smallest absolute Gasteiger partial charge is 0.423 e. The van der Waals surface area contributed by atoms with Crippen molar-refractivity contribution in [2.24, 2.45) is 0 Å². The molecule has 0 spiro atoms. The number of rotatable bonds is 3. The highest BCUT2D eigenvalue weighted by molar-refractivity contribution is 6.58. The normalized spacial score (nSPS) is 11.2. The Bertz CT molecular complexity index is 1290. The third-order valence-electron chi connectivity index (χ3n) is 5.21. The van der Waals surface area contributed by atoms with Crippen molar-refractivity contribution in [3.05, 3.63) is 97.1 Å². The van der Waals surface area contributed by atoms with Crippen molar-refractivity contribution in [1.82, 2.24) is 4.57 Å². The Morgan fingerprint density at radius 1 is 0.571 bits per heavy atom. The van der Waals surface area contributed by atoms with Crippen LogP contribution >= 0.6 is 0 Å². The molecule has 0 fully saturated rings. The standard InChI is InChI=1S/C24H18BNO2/c27-25(28)19-9-6-10-20(16-19)26-23-12-5-4-11-21(23)22-15-18(13-14-24(22)26)17-7-2-1-3-8-17/h1-16,27-28H. The first-order valence-corrected chi connectivity index (χ1v) is 9.27. The lowest BCUT2D eigenvalue weighted by molar-refractivity contribution is 0.426. The fraction of sp³-hybridized carbons (Fsp3) is 0. The molecule has 5 rings (SSSR count). The van der Waals surface area contributed by atoms with Crippen molar-refractivity contribution in [2.45, 2.75) is 0 Å². The molecule has 0 saturated heterocycles. The Morgan fingerprint density at radius 3 is 2.14 bits per heavy atom. The van der Waals surface area contributed by atoms with Crippen LogP contribution in [0, 0.1) is 0 Å². The molecule has 3 nitrogen and oxygen atoms in total. The molecular formula is C24H18BNO2. The maximum Gasteiger partial charge on any atom is 0.488 e. The van der Waals surface area contributed by atoms with Gasteiger partial charge in [0.1, 0.15) is 0 Å². The predicted molar refractivity (Wildman–Crippen MR) is 116 cm³/mol. The summed E-state index contributed by atoms with van der Waals surface area (Å²) in [6.45, 7) is 0. The van der Waals surface area contributed by atoms with Crippen molar-refractivity contribution >= 4 is 34.4 Å². The lowest BCUT2D eigenvalue weighted by atomic mass is 9.80. The molecule has 134 valence electrons. The largest absolute Gasteiger partial charge is 0.488 e. The number of fused-ring (bicyclic) bond motifs is 3. The average molecular weight is 363 g/mol. The van der Waals surface area contributed by atoms with Crippen LogP contribution in [0.15, 0.2) is 97.1 Å². The first-order valence-electron chi connectivity index (χ1n) is 9.27. The van der Waals surface area contributed by atoms with E-state index in [1.54, 1.807) is 6.07 Å². The van der Waals surface area contributed by atoms with Gasteiger partial charge >= 0.3 is 7.12 Å². The van der Waals surface area contributed by atoms with Crippen LogP contribution in [0.25, 0.3) is 38.6 Å². The van der Waals surface area contributed by atoms with Gasteiger partial charge in [0.25, 0.3) is 0 Å². The lowest BCUT2D eigenvalue weighted by Crippen LogP contribution is -2.29. The van der Waals surface area contributed by atoms with E-state index >= 15 is 0 Å². The van der Waals surface area contributed by atoms with Crippen molar-refractivity contribution in [3.8, 4) is 16.8 Å². The lowest BCUT2D eigenvalue weighted by Gasteiger charge is -2.10. The van der Waals surface area contributed by atoms with Gasteiger partial charge in [-0.05, 0) is 46.9 Å². The summed E-state index contributed by atoms with van der Waals surface area (Å²) in [6, 6.07) is 32.6. The predicted octanol–water partition coefficient (Wildman–Crippen LogP) is 4.13. The average Bonchev–Trinajstić information content (AvgIpc) is 3.08. The number of hydrogen-bond donors (Lipinski definition) is 2. The summed E-state index contributed by atoms with van der Waals surface area (Å²) in [5.41, 5.74) is 5.92. The van der Waals surface area contributed by atoms with Crippen molar-refractivity contribution in [1.29, 1.82) is 0 Å². The van der Waals surface area contributed by atoms with Gasteiger partial charge in [0.2, 0.25) is 0 Å². The number of aromatic nitrogens is 1. The van der Waals surface area contributed by atoms with Gasteiger partial charge in [-0.3, -0.25) is 0 Å². The summed E-state index contributed by atoms with van der Waals surface area (Å²) in [6.07, 6.45) is 0. The summed E-state index contributed by atoms with van der Waals surface area (Å²) in [5.74, 6) is 0. The topological polar surface area (TPSA) is 45.4 Å². The van der Waals surface area contributed by atoms with Crippen LogP contribution in [0.5, 0.6) is 0 Å². The van der Waals surface area contributed by atoms with Crippen LogP contribution in [0.3, 0.4) is 0 Å². The molecule has 1 heterocycles. The van der Waals surface area contributed by atoms with Crippen molar-refractivity contribution in [2.75, 3.05) is 0 Å². The fourth-order valence-electron chi connectivity index (χ4n) is 3.89. The third-order valence-corrected chi connectivity index (χ3v) is 5.21. The molecule has 5 aromatic rings. The summed E-state index contributed by atoms with van der Waals surface area (Å²) >= 11 is 0. The first-order chi connectivity index (χ1) is 13.7. The van der Waals surface area contributed by atoms with E-state index < -0.39 is 7.12 Å². The van der Waals surface area contributed by atoms with E-state index in [0.29, 0.717) is 5.46 Å². The molecule has 0 unspecified atom stereocenters. The van der Waals surface area contributed by atoms with Crippen LogP contribution in [0.1, 0.15) is 0 Å². The van der Waals surface area contributed by atoms with Crippen LogP contribution in [-0.2, 0) is 0 Å². The molecule has 0 saturated carbocycles. The van der Waals surface area contributed by atoms with E-state index in [1.807, 2.05) is 30.3 Å². The van der Waals surface area contributed by atoms with Gasteiger partial charge < -0.3 is 14.6 Å². The third kappa shape index (κ3) is 2.71. The quantitative estimate of drug-likeness (QED) is 0.474. The monoisotopic (exact) mass is 363 g/mol. The van der Waals surface area contributed by atoms with E-state index in [1.165, 1.54) is 21.9 Å². The van der Waals surface area contributed by atoms with Gasteiger partial charge in [-0.25, -0.2) is 0 Å². The first kappa shape index (κ1) is 16.8. The molecule has 2 N–H and O–H groups in total. The highest BCUT2D eigenvalue weighted by Gasteiger charge is 2.15. The van der Waals surface area contributed by atoms with E-state index in [-0.39, 0.29) is 0 Å². The number of nitrogens with zero attached hydrogens (tertiary/aromatic N) is 1. The number of benzene rings is 4. The van der Waals surface area contributed by atoms with Crippen molar-refractivity contribution in [3.63, 3.8) is 0 Å². The molecule has 0 aliphatic carbocycles. The van der Waals surface area contributed by atoms with Gasteiger partial charge in [-0.2, -0.15) is 0 Å². The molecule has 4 heteroatoms. The fourth-order valence-corrected chi connectivity index (χ4v) is 3.89. The molecule has 4 aromatic carbocycles. The number of para-hydroxylation sites is 1. The zero-order chi connectivity index (χ0) is 19.1. The Balaban J connectivity index is 1.81. The molecule has 0 bridgehead atoms. The summed E-state index contributed by atoms with van der Waals surface area (Å²) in [4.78, 5) is 0. The van der Waals surface area contributed by atoms with E-state index in [9.17, 15) is 10.0 Å². The second kappa shape index (κ2) is 6.68. The van der Waals surface area contributed by atoms with Crippen LogP contribution in [-0.4, -0.2) is 21.7 Å². The van der Waals surface area contributed by atoms with E-state index in [4.69, 9.17) is 0 Å². The minimum Gasteiger partial charge on any atom is -0.423 e. The number of hydrogen-bond acceptors (Lipinski definition) is 2. The second-order valence-corrected chi connectivity index (χ2v) is 6.92. The van der Waals surface area contributed by atoms with Crippen LogP contribution in [0.2, 0.25) is 0 Å². The molecule has 0 amide bonds. The second-order valence-electron chi connectivity index (χ2n) is 6.92.